The number of aromatic nitrogens is 2. The molecule has 0 radical (unpaired) electrons. The van der Waals surface area contributed by atoms with E-state index in [2.05, 4.69) is 15.2 Å². The van der Waals surface area contributed by atoms with E-state index in [1.54, 1.807) is 19.1 Å². The number of piperazine rings is 1. The van der Waals surface area contributed by atoms with Crippen LogP contribution in [0.4, 0.5) is 0 Å². The molecule has 2 fully saturated rings. The normalized spacial score (nSPS) is 22.6. The lowest BCUT2D eigenvalue weighted by Gasteiger charge is -2.42. The van der Waals surface area contributed by atoms with E-state index in [-0.39, 0.29) is 23.8 Å². The van der Waals surface area contributed by atoms with E-state index in [9.17, 15) is 9.59 Å². The Labute approximate surface area is 181 Å². The minimum absolute atomic E-state index is 0.0753. The van der Waals surface area contributed by atoms with Gasteiger partial charge in [-0.3, -0.25) is 14.5 Å². The van der Waals surface area contributed by atoms with Crippen LogP contribution in [-0.4, -0.2) is 77.2 Å². The average Bonchev–Trinajstić information content (AvgIpc) is 3.20. The Kier molecular flexibility index (Phi) is 6.22. The van der Waals surface area contributed by atoms with Gasteiger partial charge in [-0.1, -0.05) is 22.4 Å². The predicted molar refractivity (Wildman–Crippen MR) is 112 cm³/mol. The Hall–Kier alpha value is -2.94. The molecule has 0 N–H and O–H groups in total. The number of ether oxygens (including phenoxy) is 1. The number of rotatable bonds is 5. The second-order valence-electron chi connectivity index (χ2n) is 8.27. The number of piperidine rings is 1. The van der Waals surface area contributed by atoms with Crippen molar-refractivity contribution in [3.8, 4) is 5.75 Å². The highest BCUT2D eigenvalue weighted by molar-refractivity contribution is 5.85. The Morgan fingerprint density at radius 2 is 1.87 bits per heavy atom. The van der Waals surface area contributed by atoms with E-state index in [0.717, 1.165) is 35.8 Å². The summed E-state index contributed by atoms with van der Waals surface area (Å²) in [7, 11) is 3.42. The molecule has 2 unspecified atom stereocenters. The van der Waals surface area contributed by atoms with Gasteiger partial charge in [-0.2, -0.15) is 0 Å². The van der Waals surface area contributed by atoms with Gasteiger partial charge in [0.05, 0.1) is 19.1 Å². The second-order valence-corrected chi connectivity index (χ2v) is 8.27. The third-order valence-corrected chi connectivity index (χ3v) is 6.44. The molecule has 2 aliphatic rings. The van der Waals surface area contributed by atoms with E-state index >= 15 is 0 Å². The molecule has 9 nitrogen and oxygen atoms in total. The first-order valence-electron chi connectivity index (χ1n) is 10.7. The first-order chi connectivity index (χ1) is 15.0. The molecule has 0 aliphatic carbocycles. The van der Waals surface area contributed by atoms with Gasteiger partial charge in [-0.25, -0.2) is 4.63 Å². The van der Waals surface area contributed by atoms with Crippen LogP contribution in [0.1, 0.15) is 35.8 Å². The molecule has 0 bridgehead atoms. The van der Waals surface area contributed by atoms with Crippen molar-refractivity contribution in [1.82, 2.24) is 25.0 Å². The van der Waals surface area contributed by atoms with Gasteiger partial charge < -0.3 is 14.5 Å². The summed E-state index contributed by atoms with van der Waals surface area (Å²) < 4.78 is 10.0. The summed E-state index contributed by atoms with van der Waals surface area (Å²) in [6.45, 7) is 5.41. The van der Waals surface area contributed by atoms with Crippen LogP contribution < -0.4 is 4.74 Å². The molecular weight excluding hydrogens is 398 g/mol. The molecule has 2 amide bonds. The van der Waals surface area contributed by atoms with Gasteiger partial charge in [0.15, 0.2) is 0 Å². The van der Waals surface area contributed by atoms with Gasteiger partial charge in [-0.15, -0.1) is 0 Å². The number of carbonyl (C=O) groups is 2. The topological polar surface area (TPSA) is 92.0 Å². The van der Waals surface area contributed by atoms with Crippen molar-refractivity contribution >= 4 is 11.8 Å². The average molecular weight is 428 g/mol. The number of amides is 2. The molecule has 0 spiro atoms. The summed E-state index contributed by atoms with van der Waals surface area (Å²) in [5.41, 5.74) is 2.60. The highest BCUT2D eigenvalue weighted by Gasteiger charge is 2.41. The van der Waals surface area contributed by atoms with E-state index in [4.69, 9.17) is 9.37 Å². The molecule has 1 aromatic heterocycles. The van der Waals surface area contributed by atoms with Crippen LogP contribution in [0.2, 0.25) is 0 Å². The summed E-state index contributed by atoms with van der Waals surface area (Å²) in [6, 6.07) is 7.39. The maximum Gasteiger partial charge on any atom is 0.228 e. The summed E-state index contributed by atoms with van der Waals surface area (Å²) in [4.78, 5) is 31.8. The standard InChI is InChI=1S/C22H29N5O4/c1-15-19(24-31-23-15)14-26-10-12-27(13-11-26)22(29)18-8-9-20(28)25(2)21(18)16-4-6-17(30-3)7-5-16/h4-7,18,21H,8-14H2,1-3H3. The molecule has 166 valence electrons. The van der Waals surface area contributed by atoms with Crippen LogP contribution in [0.25, 0.3) is 0 Å². The SMILES string of the molecule is COc1ccc(C2C(C(=O)N3CCN(Cc4nonc4C)CC3)CCC(=O)N2C)cc1. The third kappa shape index (κ3) is 4.41. The zero-order chi connectivity index (χ0) is 22.0. The minimum Gasteiger partial charge on any atom is -0.497 e. The molecule has 2 saturated heterocycles. The molecule has 0 saturated carbocycles. The first kappa shape index (κ1) is 21.3. The fourth-order valence-corrected chi connectivity index (χ4v) is 4.52. The fourth-order valence-electron chi connectivity index (χ4n) is 4.52. The summed E-state index contributed by atoms with van der Waals surface area (Å²) in [5, 5.41) is 7.78. The number of hydrogen-bond acceptors (Lipinski definition) is 7. The maximum atomic E-state index is 13.5. The van der Waals surface area contributed by atoms with Gasteiger partial charge >= 0.3 is 0 Å². The Morgan fingerprint density at radius 1 is 1.16 bits per heavy atom. The largest absolute Gasteiger partial charge is 0.497 e. The number of aryl methyl sites for hydroxylation is 1. The zero-order valence-corrected chi connectivity index (χ0v) is 18.3. The van der Waals surface area contributed by atoms with Crippen molar-refractivity contribution in [3.05, 3.63) is 41.2 Å². The summed E-state index contributed by atoms with van der Waals surface area (Å²) >= 11 is 0. The predicted octanol–water partition coefficient (Wildman–Crippen LogP) is 1.64. The van der Waals surface area contributed by atoms with Gasteiger partial charge in [0, 0.05) is 46.2 Å². The fraction of sp³-hybridized carbons (Fsp3) is 0.545. The first-order valence-corrected chi connectivity index (χ1v) is 10.7. The van der Waals surface area contributed by atoms with Crippen molar-refractivity contribution in [1.29, 1.82) is 0 Å². The monoisotopic (exact) mass is 427 g/mol. The number of methoxy groups -OCH3 is 1. The molecule has 4 rings (SSSR count). The molecule has 1 aromatic carbocycles. The smallest absolute Gasteiger partial charge is 0.228 e. The van der Waals surface area contributed by atoms with Crippen LogP contribution >= 0.6 is 0 Å². The highest BCUT2D eigenvalue weighted by atomic mass is 16.6. The number of nitrogens with zero attached hydrogens (tertiary/aromatic N) is 5. The van der Waals surface area contributed by atoms with E-state index in [1.807, 2.05) is 36.1 Å². The zero-order valence-electron chi connectivity index (χ0n) is 18.3. The van der Waals surface area contributed by atoms with Crippen LogP contribution in [0.5, 0.6) is 5.75 Å². The van der Waals surface area contributed by atoms with Crippen molar-refractivity contribution in [2.75, 3.05) is 40.3 Å². The van der Waals surface area contributed by atoms with E-state index in [1.165, 1.54) is 0 Å². The van der Waals surface area contributed by atoms with Gasteiger partial charge in [0.2, 0.25) is 11.8 Å². The minimum atomic E-state index is -0.262. The lowest BCUT2D eigenvalue weighted by molar-refractivity contribution is -0.147. The molecule has 2 aromatic rings. The van der Waals surface area contributed by atoms with Crippen LogP contribution in [0.15, 0.2) is 28.9 Å². The Balaban J connectivity index is 1.44. The van der Waals surface area contributed by atoms with E-state index in [0.29, 0.717) is 32.5 Å². The van der Waals surface area contributed by atoms with Crippen LogP contribution in [-0.2, 0) is 16.1 Å². The molecule has 9 heteroatoms. The second kappa shape index (κ2) is 9.05. The van der Waals surface area contributed by atoms with Crippen LogP contribution in [0.3, 0.4) is 0 Å². The van der Waals surface area contributed by atoms with Gasteiger partial charge in [0.25, 0.3) is 0 Å². The van der Waals surface area contributed by atoms with Crippen molar-refractivity contribution in [3.63, 3.8) is 0 Å². The molecule has 2 aliphatic heterocycles. The number of carbonyl (C=O) groups excluding carboxylic acids is 2. The van der Waals surface area contributed by atoms with Crippen molar-refractivity contribution < 1.29 is 19.0 Å². The molecule has 3 heterocycles. The Bertz CT molecular complexity index is 920. The lowest BCUT2D eigenvalue weighted by Crippen LogP contribution is -2.53. The maximum absolute atomic E-state index is 13.5. The lowest BCUT2D eigenvalue weighted by atomic mass is 9.83. The molecule has 31 heavy (non-hydrogen) atoms. The van der Waals surface area contributed by atoms with E-state index < -0.39 is 0 Å². The summed E-state index contributed by atoms with van der Waals surface area (Å²) in [5.74, 6) is 0.708. The number of hydrogen-bond donors (Lipinski definition) is 0. The number of benzene rings is 1. The van der Waals surface area contributed by atoms with Crippen LogP contribution in [0, 0.1) is 12.8 Å². The van der Waals surface area contributed by atoms with Gasteiger partial charge in [0.1, 0.15) is 17.1 Å². The highest BCUT2D eigenvalue weighted by Crippen LogP contribution is 2.37. The number of likely N-dealkylation sites (tertiary alicyclic amines) is 1. The third-order valence-electron chi connectivity index (χ3n) is 6.44. The summed E-state index contributed by atoms with van der Waals surface area (Å²) in [6.07, 6.45) is 0.973. The van der Waals surface area contributed by atoms with Crippen molar-refractivity contribution in [2.45, 2.75) is 32.4 Å². The Morgan fingerprint density at radius 3 is 2.48 bits per heavy atom. The molecule has 2 atom stereocenters. The molecular formula is C22H29N5O4. The van der Waals surface area contributed by atoms with Gasteiger partial charge in [-0.05, 0) is 31.0 Å². The van der Waals surface area contributed by atoms with Crippen molar-refractivity contribution in [2.24, 2.45) is 5.92 Å². The quantitative estimate of drug-likeness (QED) is 0.716.